The maximum Gasteiger partial charge on any atom is 0.244 e. The molecule has 0 heterocycles. The van der Waals surface area contributed by atoms with Crippen molar-refractivity contribution in [1.82, 2.24) is 5.43 Å². The summed E-state index contributed by atoms with van der Waals surface area (Å²) in [7, 11) is 0. The molecule has 0 unspecified atom stereocenters. The summed E-state index contributed by atoms with van der Waals surface area (Å²) in [5.74, 6) is 0.549. The molecule has 2 rings (SSSR count). The van der Waals surface area contributed by atoms with E-state index in [0.29, 0.717) is 18.8 Å². The highest BCUT2D eigenvalue weighted by Crippen LogP contribution is 2.15. The molecular weight excluding hydrogens is 300 g/mol. The second-order valence-corrected chi connectivity index (χ2v) is 5.54. The van der Waals surface area contributed by atoms with Crippen molar-refractivity contribution in [3.8, 4) is 5.75 Å². The monoisotopic (exact) mass is 322 g/mol. The van der Waals surface area contributed by atoms with Crippen molar-refractivity contribution in [2.75, 3.05) is 6.61 Å². The predicted molar refractivity (Wildman–Crippen MR) is 97.5 cm³/mol. The number of hydrogen-bond acceptors (Lipinski definition) is 3. The Morgan fingerprint density at radius 1 is 1.25 bits per heavy atom. The maximum atomic E-state index is 12.0. The van der Waals surface area contributed by atoms with Gasteiger partial charge in [0.25, 0.3) is 0 Å². The van der Waals surface area contributed by atoms with Crippen LogP contribution in [0.2, 0.25) is 0 Å². The lowest BCUT2D eigenvalue weighted by Gasteiger charge is -2.07. The predicted octanol–water partition coefficient (Wildman–Crippen LogP) is 3.56. The first-order chi connectivity index (χ1) is 11.6. The zero-order chi connectivity index (χ0) is 17.4. The molecule has 0 aliphatic rings. The van der Waals surface area contributed by atoms with Gasteiger partial charge < -0.3 is 4.74 Å². The Hall–Kier alpha value is -2.88. The molecule has 2 aromatic carbocycles. The first kappa shape index (κ1) is 17.5. The third kappa shape index (κ3) is 5.09. The summed E-state index contributed by atoms with van der Waals surface area (Å²) < 4.78 is 5.54. The normalized spacial score (nSPS) is 10.6. The van der Waals surface area contributed by atoms with E-state index in [0.717, 1.165) is 16.7 Å². The van der Waals surface area contributed by atoms with Crippen LogP contribution in [0, 0.1) is 13.8 Å². The summed E-state index contributed by atoms with van der Waals surface area (Å²) in [4.78, 5) is 12.0. The van der Waals surface area contributed by atoms with E-state index in [9.17, 15) is 4.79 Å². The second-order valence-electron chi connectivity index (χ2n) is 5.54. The van der Waals surface area contributed by atoms with Crippen LogP contribution in [0.5, 0.6) is 5.75 Å². The van der Waals surface area contributed by atoms with E-state index in [4.69, 9.17) is 4.74 Å². The van der Waals surface area contributed by atoms with Crippen molar-refractivity contribution >= 4 is 12.1 Å². The van der Waals surface area contributed by atoms with Gasteiger partial charge in [-0.25, -0.2) is 5.43 Å². The van der Waals surface area contributed by atoms with Gasteiger partial charge in [-0.3, -0.25) is 4.79 Å². The molecule has 2 aromatic rings. The molecule has 124 valence electrons. The number of carbonyl (C=O) groups is 1. The molecule has 0 aliphatic carbocycles. The molecule has 24 heavy (non-hydrogen) atoms. The summed E-state index contributed by atoms with van der Waals surface area (Å²) >= 11 is 0. The average molecular weight is 322 g/mol. The van der Waals surface area contributed by atoms with Crippen molar-refractivity contribution in [2.45, 2.75) is 20.3 Å². The van der Waals surface area contributed by atoms with E-state index >= 15 is 0 Å². The number of nitrogens with one attached hydrogen (secondary N) is 1. The Labute approximate surface area is 142 Å². The molecule has 1 N–H and O–H groups in total. The van der Waals surface area contributed by atoms with Crippen LogP contribution < -0.4 is 10.2 Å². The number of hydrazone groups is 1. The van der Waals surface area contributed by atoms with E-state index in [1.165, 1.54) is 5.56 Å². The Balaban J connectivity index is 1.96. The zero-order valence-corrected chi connectivity index (χ0v) is 14.1. The highest BCUT2D eigenvalue weighted by molar-refractivity contribution is 5.85. The molecule has 1 amide bonds. The number of carbonyl (C=O) groups excluding carboxylic acids is 1. The lowest BCUT2D eigenvalue weighted by atomic mass is 10.0. The van der Waals surface area contributed by atoms with E-state index in [1.54, 1.807) is 12.3 Å². The smallest absolute Gasteiger partial charge is 0.244 e. The fraction of sp³-hybridized carbons (Fsp3) is 0.200. The van der Waals surface area contributed by atoms with Crippen LogP contribution >= 0.6 is 0 Å². The Kier molecular flexibility index (Phi) is 6.32. The molecule has 0 bridgehead atoms. The quantitative estimate of drug-likeness (QED) is 0.481. The van der Waals surface area contributed by atoms with Gasteiger partial charge in [0.1, 0.15) is 12.4 Å². The molecule has 0 saturated heterocycles. The lowest BCUT2D eigenvalue weighted by Crippen LogP contribution is -2.20. The van der Waals surface area contributed by atoms with Crippen molar-refractivity contribution < 1.29 is 9.53 Å². The van der Waals surface area contributed by atoms with Gasteiger partial charge in [0.05, 0.1) is 12.6 Å². The fourth-order valence-corrected chi connectivity index (χ4v) is 2.30. The summed E-state index contributed by atoms with van der Waals surface area (Å²) in [6.45, 7) is 8.09. The third-order valence-corrected chi connectivity index (χ3v) is 3.52. The summed E-state index contributed by atoms with van der Waals surface area (Å²) in [6, 6.07) is 13.5. The number of rotatable bonds is 7. The number of amides is 1. The lowest BCUT2D eigenvalue weighted by molar-refractivity contribution is -0.120. The van der Waals surface area contributed by atoms with Gasteiger partial charge in [-0.2, -0.15) is 5.10 Å². The molecule has 4 heteroatoms. The highest BCUT2D eigenvalue weighted by atomic mass is 16.5. The summed E-state index contributed by atoms with van der Waals surface area (Å²) in [5.41, 5.74) is 6.65. The van der Waals surface area contributed by atoms with Gasteiger partial charge in [-0.05, 0) is 37.1 Å². The van der Waals surface area contributed by atoms with Gasteiger partial charge in [0.15, 0.2) is 0 Å². The van der Waals surface area contributed by atoms with Crippen LogP contribution in [-0.2, 0) is 11.2 Å². The summed E-state index contributed by atoms with van der Waals surface area (Å²) in [6.07, 6.45) is 3.57. The minimum absolute atomic E-state index is 0.150. The molecule has 0 radical (unpaired) electrons. The van der Waals surface area contributed by atoms with Gasteiger partial charge >= 0.3 is 0 Å². The number of ether oxygens (including phenoxy) is 1. The Morgan fingerprint density at radius 3 is 2.79 bits per heavy atom. The number of para-hydroxylation sites is 1. The van der Waals surface area contributed by atoms with E-state index < -0.39 is 0 Å². The first-order valence-corrected chi connectivity index (χ1v) is 7.81. The molecule has 0 atom stereocenters. The van der Waals surface area contributed by atoms with Crippen LogP contribution in [0.4, 0.5) is 0 Å². The first-order valence-electron chi connectivity index (χ1n) is 7.81. The van der Waals surface area contributed by atoms with Gasteiger partial charge in [-0.1, -0.05) is 48.6 Å². The topological polar surface area (TPSA) is 50.7 Å². The second kappa shape index (κ2) is 8.67. The van der Waals surface area contributed by atoms with Crippen LogP contribution in [0.25, 0.3) is 0 Å². The molecule has 4 nitrogen and oxygen atoms in total. The van der Waals surface area contributed by atoms with Crippen molar-refractivity contribution in [3.63, 3.8) is 0 Å². The van der Waals surface area contributed by atoms with Crippen LogP contribution in [0.15, 0.2) is 60.2 Å². The van der Waals surface area contributed by atoms with E-state index in [-0.39, 0.29) is 5.91 Å². The minimum atomic E-state index is -0.150. The Morgan fingerprint density at radius 2 is 2.04 bits per heavy atom. The van der Waals surface area contributed by atoms with Gasteiger partial charge in [0.2, 0.25) is 5.91 Å². The van der Waals surface area contributed by atoms with Crippen LogP contribution in [0.3, 0.4) is 0 Å². The van der Waals surface area contributed by atoms with Crippen molar-refractivity contribution in [3.05, 3.63) is 77.4 Å². The van der Waals surface area contributed by atoms with Crippen molar-refractivity contribution in [2.24, 2.45) is 5.10 Å². The SMILES string of the molecule is C=CCOc1ccccc1/C=N\NC(=O)Cc1ccc(C)cc1C. The minimum Gasteiger partial charge on any atom is -0.489 e. The Bertz CT molecular complexity index is 751. The average Bonchev–Trinajstić information content (AvgIpc) is 2.56. The largest absolute Gasteiger partial charge is 0.489 e. The molecule has 0 aromatic heterocycles. The number of nitrogens with zero attached hydrogens (tertiary/aromatic N) is 1. The van der Waals surface area contributed by atoms with Gasteiger partial charge in [0, 0.05) is 5.56 Å². The van der Waals surface area contributed by atoms with Crippen LogP contribution in [0.1, 0.15) is 22.3 Å². The molecular formula is C20H22N2O2. The molecule has 0 fully saturated rings. The fourth-order valence-electron chi connectivity index (χ4n) is 2.30. The third-order valence-electron chi connectivity index (χ3n) is 3.52. The highest BCUT2D eigenvalue weighted by Gasteiger charge is 2.05. The number of benzene rings is 2. The van der Waals surface area contributed by atoms with E-state index in [1.807, 2.05) is 50.2 Å². The van der Waals surface area contributed by atoms with E-state index in [2.05, 4.69) is 23.2 Å². The molecule has 0 saturated carbocycles. The summed E-state index contributed by atoms with van der Waals surface area (Å²) in [5, 5.41) is 4.02. The molecule has 0 spiro atoms. The number of hydrogen-bond donors (Lipinski definition) is 1. The molecule has 0 aliphatic heterocycles. The van der Waals surface area contributed by atoms with Crippen LogP contribution in [-0.4, -0.2) is 18.7 Å². The zero-order valence-electron chi connectivity index (χ0n) is 14.1. The maximum absolute atomic E-state index is 12.0. The number of aryl methyl sites for hydroxylation is 2. The van der Waals surface area contributed by atoms with Crippen molar-refractivity contribution in [1.29, 1.82) is 0 Å². The standard InChI is InChI=1S/C20H22N2O2/c1-4-11-24-19-8-6-5-7-18(19)14-21-22-20(23)13-17-10-9-15(2)12-16(17)3/h4-10,12,14H,1,11,13H2,2-3H3,(H,22,23)/b21-14-. The van der Waals surface area contributed by atoms with Gasteiger partial charge in [-0.15, -0.1) is 0 Å².